The first-order valence-electron chi connectivity index (χ1n) is 3.36. The lowest BCUT2D eigenvalue weighted by atomic mass is 10.4. The van der Waals surface area contributed by atoms with E-state index in [9.17, 15) is 4.79 Å². The summed E-state index contributed by atoms with van der Waals surface area (Å²) < 4.78 is 1.69. The van der Waals surface area contributed by atoms with Crippen molar-refractivity contribution in [3.8, 4) is 0 Å². The van der Waals surface area contributed by atoms with Crippen molar-refractivity contribution in [1.82, 2.24) is 9.78 Å². The fourth-order valence-electron chi connectivity index (χ4n) is 0.730. The maximum Gasteiger partial charge on any atom is 0.272 e. The normalized spacial score (nSPS) is 10.5. The van der Waals surface area contributed by atoms with Gasteiger partial charge in [0.05, 0.1) is 0 Å². The van der Waals surface area contributed by atoms with E-state index in [4.69, 9.17) is 11.6 Å². The summed E-state index contributed by atoms with van der Waals surface area (Å²) in [4.78, 5) is 10.6. The second-order valence-corrected chi connectivity index (χ2v) is 2.89. The van der Waals surface area contributed by atoms with Gasteiger partial charge in [-0.2, -0.15) is 5.10 Å². The highest BCUT2D eigenvalue weighted by molar-refractivity contribution is 6.67. The van der Waals surface area contributed by atoms with Crippen LogP contribution in [0.4, 0.5) is 0 Å². The Hall–Kier alpha value is -0.830. The summed E-state index contributed by atoms with van der Waals surface area (Å²) in [7, 11) is 0. The van der Waals surface area contributed by atoms with Gasteiger partial charge in [-0.15, -0.1) is 0 Å². The summed E-state index contributed by atoms with van der Waals surface area (Å²) in [5.41, 5.74) is 0.306. The molecule has 1 aromatic rings. The highest BCUT2D eigenvalue weighted by atomic mass is 35.5. The maximum atomic E-state index is 10.6. The van der Waals surface area contributed by atoms with Gasteiger partial charge in [0, 0.05) is 12.2 Å². The van der Waals surface area contributed by atoms with Gasteiger partial charge in [-0.25, -0.2) is 0 Å². The van der Waals surface area contributed by atoms with E-state index in [0.717, 1.165) is 0 Å². The van der Waals surface area contributed by atoms with E-state index in [1.807, 2.05) is 13.8 Å². The van der Waals surface area contributed by atoms with Crippen molar-refractivity contribution in [3.05, 3.63) is 18.0 Å². The molecule has 0 amide bonds. The van der Waals surface area contributed by atoms with Gasteiger partial charge in [-0.3, -0.25) is 9.48 Å². The van der Waals surface area contributed by atoms with Gasteiger partial charge in [0.1, 0.15) is 5.69 Å². The standard InChI is InChI=1S/C7H9ClN2O/c1-5(2)10-4-3-6(9-10)7(8)11/h3-5H,1-2H3. The third-order valence-electron chi connectivity index (χ3n) is 1.34. The molecule has 60 valence electrons. The molecule has 0 aliphatic carbocycles. The van der Waals surface area contributed by atoms with Crippen LogP contribution in [0, 0.1) is 0 Å². The second kappa shape index (κ2) is 3.05. The van der Waals surface area contributed by atoms with E-state index in [2.05, 4.69) is 5.10 Å². The fourth-order valence-corrected chi connectivity index (χ4v) is 0.831. The van der Waals surface area contributed by atoms with E-state index in [1.54, 1.807) is 16.9 Å². The zero-order valence-electron chi connectivity index (χ0n) is 6.41. The Morgan fingerprint density at radius 3 is 2.64 bits per heavy atom. The number of carbonyl (C=O) groups excluding carboxylic acids is 1. The lowest BCUT2D eigenvalue weighted by Gasteiger charge is -2.02. The molecule has 0 N–H and O–H groups in total. The van der Waals surface area contributed by atoms with Crippen molar-refractivity contribution in [2.24, 2.45) is 0 Å². The van der Waals surface area contributed by atoms with Gasteiger partial charge in [-0.1, -0.05) is 0 Å². The monoisotopic (exact) mass is 172 g/mol. The first kappa shape index (κ1) is 8.27. The molecule has 0 saturated carbocycles. The van der Waals surface area contributed by atoms with Crippen LogP contribution in [-0.2, 0) is 0 Å². The largest absolute Gasteiger partial charge is 0.274 e. The molecule has 0 aliphatic rings. The van der Waals surface area contributed by atoms with Crippen LogP contribution in [0.5, 0.6) is 0 Å². The third-order valence-corrected chi connectivity index (χ3v) is 1.53. The topological polar surface area (TPSA) is 34.9 Å². The Morgan fingerprint density at radius 2 is 2.36 bits per heavy atom. The molecule has 0 saturated heterocycles. The molecule has 1 aromatic heterocycles. The van der Waals surface area contributed by atoms with E-state index < -0.39 is 5.24 Å². The number of aromatic nitrogens is 2. The van der Waals surface area contributed by atoms with E-state index in [0.29, 0.717) is 5.69 Å². The van der Waals surface area contributed by atoms with Crippen LogP contribution in [0.25, 0.3) is 0 Å². The molecule has 1 heterocycles. The summed E-state index contributed by atoms with van der Waals surface area (Å²) in [6, 6.07) is 1.87. The predicted octanol–water partition coefficient (Wildman–Crippen LogP) is 1.84. The molecule has 0 fully saturated rings. The van der Waals surface area contributed by atoms with Crippen molar-refractivity contribution >= 4 is 16.8 Å². The molecule has 0 aliphatic heterocycles. The Bertz CT molecular complexity index is 267. The summed E-state index contributed by atoms with van der Waals surface area (Å²) in [5.74, 6) is 0. The SMILES string of the molecule is CC(C)n1ccc(C(=O)Cl)n1. The smallest absolute Gasteiger partial charge is 0.272 e. The summed E-state index contributed by atoms with van der Waals surface area (Å²) in [6.07, 6.45) is 1.74. The van der Waals surface area contributed by atoms with Gasteiger partial charge in [-0.05, 0) is 31.5 Å². The average molecular weight is 173 g/mol. The van der Waals surface area contributed by atoms with Crippen molar-refractivity contribution in [3.63, 3.8) is 0 Å². The van der Waals surface area contributed by atoms with Crippen molar-refractivity contribution in [2.75, 3.05) is 0 Å². The fraction of sp³-hybridized carbons (Fsp3) is 0.429. The van der Waals surface area contributed by atoms with Crippen molar-refractivity contribution in [1.29, 1.82) is 0 Å². The number of halogens is 1. The molecule has 0 atom stereocenters. The minimum atomic E-state index is -0.510. The number of rotatable bonds is 2. The second-order valence-electron chi connectivity index (χ2n) is 2.55. The third kappa shape index (κ3) is 1.80. The average Bonchev–Trinajstić information content (AvgIpc) is 2.33. The van der Waals surface area contributed by atoms with E-state index in [1.165, 1.54) is 0 Å². The molecule has 1 rings (SSSR count). The highest BCUT2D eigenvalue weighted by Gasteiger charge is 2.06. The Balaban J connectivity index is 2.90. The summed E-state index contributed by atoms with van der Waals surface area (Å²) >= 11 is 5.21. The lowest BCUT2D eigenvalue weighted by molar-refractivity contribution is 0.107. The molecule has 4 heteroatoms. The molecule has 0 unspecified atom stereocenters. The van der Waals surface area contributed by atoms with Crippen LogP contribution < -0.4 is 0 Å². The quantitative estimate of drug-likeness (QED) is 0.639. The summed E-state index contributed by atoms with van der Waals surface area (Å²) in [5, 5.41) is 3.43. The molecular weight excluding hydrogens is 164 g/mol. The van der Waals surface area contributed by atoms with Gasteiger partial charge in [0.2, 0.25) is 0 Å². The van der Waals surface area contributed by atoms with E-state index in [-0.39, 0.29) is 6.04 Å². The zero-order chi connectivity index (χ0) is 8.43. The van der Waals surface area contributed by atoms with Crippen LogP contribution in [0.15, 0.2) is 12.3 Å². The molecule has 0 bridgehead atoms. The lowest BCUT2D eigenvalue weighted by Crippen LogP contribution is -2.02. The van der Waals surface area contributed by atoms with Gasteiger partial charge in [0.25, 0.3) is 5.24 Å². The van der Waals surface area contributed by atoms with Crippen LogP contribution in [0.3, 0.4) is 0 Å². The number of nitrogens with zero attached hydrogens (tertiary/aromatic N) is 2. The van der Waals surface area contributed by atoms with Crippen molar-refractivity contribution < 1.29 is 4.79 Å². The zero-order valence-corrected chi connectivity index (χ0v) is 7.17. The number of hydrogen-bond acceptors (Lipinski definition) is 2. The molecule has 0 aromatic carbocycles. The van der Waals surface area contributed by atoms with Gasteiger partial charge >= 0.3 is 0 Å². The number of hydrogen-bond donors (Lipinski definition) is 0. The Labute approximate surface area is 70.0 Å². The maximum absolute atomic E-state index is 10.6. The Morgan fingerprint density at radius 1 is 1.73 bits per heavy atom. The highest BCUT2D eigenvalue weighted by Crippen LogP contribution is 2.05. The molecule has 0 spiro atoms. The van der Waals surface area contributed by atoms with Gasteiger partial charge < -0.3 is 0 Å². The first-order chi connectivity index (χ1) is 5.11. The van der Waals surface area contributed by atoms with Crippen LogP contribution in [0.2, 0.25) is 0 Å². The minimum absolute atomic E-state index is 0.264. The van der Waals surface area contributed by atoms with Gasteiger partial charge in [0.15, 0.2) is 0 Å². The molecule has 0 radical (unpaired) electrons. The van der Waals surface area contributed by atoms with Crippen LogP contribution in [0.1, 0.15) is 30.4 Å². The van der Waals surface area contributed by atoms with E-state index >= 15 is 0 Å². The minimum Gasteiger partial charge on any atom is -0.274 e. The van der Waals surface area contributed by atoms with Crippen molar-refractivity contribution in [2.45, 2.75) is 19.9 Å². The first-order valence-corrected chi connectivity index (χ1v) is 3.74. The molecule has 3 nitrogen and oxygen atoms in total. The van der Waals surface area contributed by atoms with Crippen LogP contribution >= 0.6 is 11.6 Å². The van der Waals surface area contributed by atoms with Crippen LogP contribution in [-0.4, -0.2) is 15.0 Å². The molecular formula is C7H9ClN2O. The molecule has 11 heavy (non-hydrogen) atoms. The summed E-state index contributed by atoms with van der Waals surface area (Å²) in [6.45, 7) is 3.96. The predicted molar refractivity (Wildman–Crippen MR) is 42.8 cm³/mol. The number of carbonyl (C=O) groups is 1. The Kier molecular flexibility index (Phi) is 2.29.